The molecule has 1 aromatic heterocycles. The molecule has 1 N–H and O–H groups in total. The van der Waals surface area contributed by atoms with E-state index in [2.05, 4.69) is 0 Å². The first-order valence-electron chi connectivity index (χ1n) is 6.96. The first-order valence-corrected chi connectivity index (χ1v) is 7.34. The lowest BCUT2D eigenvalue weighted by Crippen LogP contribution is -2.14. The highest BCUT2D eigenvalue weighted by Crippen LogP contribution is 2.30. The van der Waals surface area contributed by atoms with Gasteiger partial charge < -0.3 is 9.67 Å². The zero-order valence-electron chi connectivity index (χ0n) is 12.5. The molecule has 0 saturated heterocycles. The van der Waals surface area contributed by atoms with Gasteiger partial charge in [-0.05, 0) is 25.1 Å². The van der Waals surface area contributed by atoms with Gasteiger partial charge in [0.05, 0.1) is 17.0 Å². The SMILES string of the molecule is CCn1c(CC(=O)O)cc(Cl)c1C(=O)c1ccc(C(F)(F)F)cc1. The third-order valence-corrected chi connectivity index (χ3v) is 3.76. The van der Waals surface area contributed by atoms with Crippen molar-refractivity contribution in [3.63, 3.8) is 0 Å². The summed E-state index contributed by atoms with van der Waals surface area (Å²) >= 11 is 6.05. The van der Waals surface area contributed by atoms with Gasteiger partial charge in [-0.3, -0.25) is 9.59 Å². The lowest BCUT2D eigenvalue weighted by molar-refractivity contribution is -0.138. The van der Waals surface area contributed by atoms with E-state index in [0.717, 1.165) is 24.3 Å². The van der Waals surface area contributed by atoms with Crippen LogP contribution in [0.15, 0.2) is 30.3 Å². The van der Waals surface area contributed by atoms with Crippen molar-refractivity contribution in [2.24, 2.45) is 0 Å². The second kappa shape index (κ2) is 6.68. The number of halogens is 4. The van der Waals surface area contributed by atoms with E-state index in [9.17, 15) is 22.8 Å². The van der Waals surface area contributed by atoms with Crippen LogP contribution < -0.4 is 0 Å². The number of aliphatic carboxylic acids is 1. The number of hydrogen-bond acceptors (Lipinski definition) is 2. The normalized spacial score (nSPS) is 11.5. The Kier molecular flexibility index (Phi) is 5.03. The number of carbonyl (C=O) groups excluding carboxylic acids is 1. The van der Waals surface area contributed by atoms with Crippen molar-refractivity contribution in [1.82, 2.24) is 4.57 Å². The second-order valence-corrected chi connectivity index (χ2v) is 5.46. The number of carboxylic acids is 1. The monoisotopic (exact) mass is 359 g/mol. The Labute approximate surface area is 140 Å². The smallest absolute Gasteiger partial charge is 0.416 e. The fourth-order valence-corrected chi connectivity index (χ4v) is 2.72. The molecule has 0 atom stereocenters. The zero-order valence-corrected chi connectivity index (χ0v) is 13.3. The van der Waals surface area contributed by atoms with Gasteiger partial charge in [-0.15, -0.1) is 0 Å². The van der Waals surface area contributed by atoms with Crippen molar-refractivity contribution in [3.8, 4) is 0 Å². The first kappa shape index (κ1) is 18.1. The van der Waals surface area contributed by atoms with Crippen molar-refractivity contribution >= 4 is 23.4 Å². The zero-order chi connectivity index (χ0) is 18.1. The van der Waals surface area contributed by atoms with Gasteiger partial charge in [0.1, 0.15) is 5.69 Å². The summed E-state index contributed by atoms with van der Waals surface area (Å²) in [5.74, 6) is -1.64. The van der Waals surface area contributed by atoms with Crippen LogP contribution in [-0.2, 0) is 23.9 Å². The van der Waals surface area contributed by atoms with Gasteiger partial charge in [0.2, 0.25) is 5.78 Å². The number of alkyl halides is 3. The van der Waals surface area contributed by atoms with E-state index in [1.165, 1.54) is 10.6 Å². The molecule has 24 heavy (non-hydrogen) atoms. The molecule has 0 saturated carbocycles. The van der Waals surface area contributed by atoms with Crippen LogP contribution >= 0.6 is 11.6 Å². The summed E-state index contributed by atoms with van der Waals surface area (Å²) in [7, 11) is 0. The Morgan fingerprint density at radius 3 is 2.25 bits per heavy atom. The van der Waals surface area contributed by atoms with Gasteiger partial charge in [-0.1, -0.05) is 23.7 Å². The first-order chi connectivity index (χ1) is 11.1. The fourth-order valence-electron chi connectivity index (χ4n) is 2.41. The van der Waals surface area contributed by atoms with E-state index < -0.39 is 23.5 Å². The number of carbonyl (C=O) groups is 2. The Balaban J connectivity index is 2.43. The van der Waals surface area contributed by atoms with Gasteiger partial charge in [0.15, 0.2) is 0 Å². The molecule has 1 heterocycles. The lowest BCUT2D eigenvalue weighted by atomic mass is 10.1. The van der Waals surface area contributed by atoms with Gasteiger partial charge in [-0.2, -0.15) is 13.2 Å². The summed E-state index contributed by atoms with van der Waals surface area (Å²) < 4.78 is 39.2. The lowest BCUT2D eigenvalue weighted by Gasteiger charge is -2.11. The topological polar surface area (TPSA) is 59.3 Å². The number of carboxylic acid groups (broad SMARTS) is 1. The molecule has 0 bridgehead atoms. The number of benzene rings is 1. The van der Waals surface area contributed by atoms with E-state index in [4.69, 9.17) is 16.7 Å². The van der Waals surface area contributed by atoms with Crippen molar-refractivity contribution in [2.75, 3.05) is 0 Å². The summed E-state index contributed by atoms with van der Waals surface area (Å²) in [6.45, 7) is 2.02. The predicted octanol–water partition coefficient (Wildman–Crippen LogP) is 4.04. The van der Waals surface area contributed by atoms with Crippen LogP contribution in [0.2, 0.25) is 5.02 Å². The molecule has 1 aromatic carbocycles. The van der Waals surface area contributed by atoms with E-state index in [0.29, 0.717) is 12.2 Å². The maximum Gasteiger partial charge on any atom is 0.416 e. The van der Waals surface area contributed by atoms with Gasteiger partial charge in [0.25, 0.3) is 0 Å². The van der Waals surface area contributed by atoms with Gasteiger partial charge >= 0.3 is 12.1 Å². The summed E-state index contributed by atoms with van der Waals surface area (Å²) in [6.07, 6.45) is -4.80. The Morgan fingerprint density at radius 2 is 1.79 bits per heavy atom. The van der Waals surface area contributed by atoms with E-state index in [1.54, 1.807) is 6.92 Å². The van der Waals surface area contributed by atoms with Crippen molar-refractivity contribution < 1.29 is 27.9 Å². The molecule has 8 heteroatoms. The van der Waals surface area contributed by atoms with Crippen molar-refractivity contribution in [2.45, 2.75) is 26.1 Å². The molecule has 2 aromatic rings. The Morgan fingerprint density at radius 1 is 1.21 bits per heavy atom. The maximum atomic E-state index is 12.6. The Bertz CT molecular complexity index is 779. The standard InChI is InChI=1S/C16H13ClF3NO3/c1-2-21-11(8-13(22)23)7-12(17)14(21)15(24)9-3-5-10(6-4-9)16(18,19)20/h3-7H,2,8H2,1H3,(H,22,23). The Hall–Kier alpha value is -2.28. The van der Waals surface area contributed by atoms with Crippen LogP contribution in [-0.4, -0.2) is 21.4 Å². The molecule has 0 radical (unpaired) electrons. The van der Waals surface area contributed by atoms with E-state index in [-0.39, 0.29) is 22.7 Å². The molecule has 0 fully saturated rings. The van der Waals surface area contributed by atoms with Crippen LogP contribution in [0.25, 0.3) is 0 Å². The van der Waals surface area contributed by atoms with Crippen LogP contribution in [0.4, 0.5) is 13.2 Å². The van der Waals surface area contributed by atoms with Crippen LogP contribution in [0.1, 0.15) is 34.2 Å². The third-order valence-electron chi connectivity index (χ3n) is 3.47. The summed E-state index contributed by atoms with van der Waals surface area (Å²) in [4.78, 5) is 23.5. The fraction of sp³-hybridized carbons (Fsp3) is 0.250. The van der Waals surface area contributed by atoms with Gasteiger partial charge in [-0.25, -0.2) is 0 Å². The number of ketones is 1. The molecule has 0 unspecified atom stereocenters. The summed E-state index contributed by atoms with van der Waals surface area (Å²) in [5.41, 5.74) is -0.400. The molecule has 128 valence electrons. The molecule has 4 nitrogen and oxygen atoms in total. The minimum atomic E-state index is -4.49. The third kappa shape index (κ3) is 3.62. The minimum Gasteiger partial charge on any atom is -0.481 e. The predicted molar refractivity (Wildman–Crippen MR) is 81.3 cm³/mol. The molecule has 0 aliphatic carbocycles. The molecule has 0 aliphatic rings. The molecular formula is C16H13ClF3NO3. The van der Waals surface area contributed by atoms with Crippen molar-refractivity contribution in [1.29, 1.82) is 0 Å². The molecule has 0 amide bonds. The molecule has 0 spiro atoms. The highest BCUT2D eigenvalue weighted by molar-refractivity contribution is 6.34. The highest BCUT2D eigenvalue weighted by atomic mass is 35.5. The van der Waals surface area contributed by atoms with Gasteiger partial charge in [0, 0.05) is 17.8 Å². The minimum absolute atomic E-state index is 0.0413. The number of aromatic nitrogens is 1. The number of nitrogens with zero attached hydrogens (tertiary/aromatic N) is 1. The summed E-state index contributed by atoms with van der Waals surface area (Å²) in [5, 5.41) is 8.97. The average Bonchev–Trinajstić information content (AvgIpc) is 2.80. The summed E-state index contributed by atoms with van der Waals surface area (Å²) in [6, 6.07) is 5.17. The highest BCUT2D eigenvalue weighted by Gasteiger charge is 2.30. The quantitative estimate of drug-likeness (QED) is 0.820. The van der Waals surface area contributed by atoms with Crippen LogP contribution in [0.3, 0.4) is 0 Å². The van der Waals surface area contributed by atoms with E-state index in [1.807, 2.05) is 0 Å². The maximum absolute atomic E-state index is 12.6. The molecule has 2 rings (SSSR count). The van der Waals surface area contributed by atoms with Crippen molar-refractivity contribution in [3.05, 3.63) is 57.9 Å². The largest absolute Gasteiger partial charge is 0.481 e. The second-order valence-electron chi connectivity index (χ2n) is 5.05. The molecular weight excluding hydrogens is 347 g/mol. The molecule has 0 aliphatic heterocycles. The average molecular weight is 360 g/mol. The van der Waals surface area contributed by atoms with Crippen LogP contribution in [0, 0.1) is 0 Å². The number of rotatable bonds is 5. The number of hydrogen-bond donors (Lipinski definition) is 1. The van der Waals surface area contributed by atoms with E-state index >= 15 is 0 Å². The van der Waals surface area contributed by atoms with Crippen LogP contribution in [0.5, 0.6) is 0 Å².